The second kappa shape index (κ2) is 8.26. The van der Waals surface area contributed by atoms with E-state index in [-0.39, 0.29) is 11.9 Å². The minimum atomic E-state index is -3.48. The Balaban J connectivity index is 1.35. The van der Waals surface area contributed by atoms with Crippen LogP contribution in [0.25, 0.3) is 0 Å². The lowest BCUT2D eigenvalue weighted by atomic mass is 10.1. The van der Waals surface area contributed by atoms with E-state index in [9.17, 15) is 13.2 Å². The van der Waals surface area contributed by atoms with Crippen LogP contribution in [0, 0.1) is 0 Å². The molecule has 29 heavy (non-hydrogen) atoms. The van der Waals surface area contributed by atoms with Gasteiger partial charge in [0, 0.05) is 31.9 Å². The van der Waals surface area contributed by atoms with Crippen LogP contribution in [0.3, 0.4) is 0 Å². The maximum absolute atomic E-state index is 12.8. The number of aryl methyl sites for hydroxylation is 2. The summed E-state index contributed by atoms with van der Waals surface area (Å²) >= 11 is 0. The van der Waals surface area contributed by atoms with E-state index in [2.05, 4.69) is 17.4 Å². The fourth-order valence-electron chi connectivity index (χ4n) is 4.13. The minimum absolute atomic E-state index is 0.0534. The van der Waals surface area contributed by atoms with Gasteiger partial charge in [0.05, 0.1) is 10.9 Å². The first-order valence-corrected chi connectivity index (χ1v) is 11.6. The van der Waals surface area contributed by atoms with Crippen molar-refractivity contribution >= 4 is 21.6 Å². The molecular weight excluding hydrogens is 386 g/mol. The lowest BCUT2D eigenvalue weighted by molar-refractivity contribution is -0.121. The molecule has 0 unspecified atom stereocenters. The molecule has 1 saturated heterocycles. The van der Waals surface area contributed by atoms with Crippen molar-refractivity contribution < 1.29 is 13.2 Å². The Kier molecular flexibility index (Phi) is 5.72. The number of nitrogens with zero attached hydrogens (tertiary/aromatic N) is 2. The number of nitrogens with one attached hydrogen (secondary N) is 1. The van der Waals surface area contributed by atoms with Gasteiger partial charge in [0.25, 0.3) is 0 Å². The Morgan fingerprint density at radius 1 is 0.966 bits per heavy atom. The number of amides is 1. The van der Waals surface area contributed by atoms with Crippen LogP contribution in [-0.2, 0) is 27.7 Å². The number of anilines is 1. The van der Waals surface area contributed by atoms with Crippen molar-refractivity contribution in [3.8, 4) is 0 Å². The molecule has 1 N–H and O–H groups in total. The Hall–Kier alpha value is -2.22. The van der Waals surface area contributed by atoms with E-state index >= 15 is 0 Å². The van der Waals surface area contributed by atoms with Crippen LogP contribution in [-0.4, -0.2) is 55.8 Å². The molecular formula is C22H27N3O3S. The third kappa shape index (κ3) is 4.22. The maximum Gasteiger partial charge on any atom is 0.243 e. The molecule has 0 spiro atoms. The summed E-state index contributed by atoms with van der Waals surface area (Å²) in [6.07, 6.45) is 3.38. The molecule has 6 nitrogen and oxygen atoms in total. The summed E-state index contributed by atoms with van der Waals surface area (Å²) < 4.78 is 27.0. The molecule has 4 rings (SSSR count). The largest absolute Gasteiger partial charge is 0.325 e. The molecule has 7 heteroatoms. The predicted molar refractivity (Wildman–Crippen MR) is 113 cm³/mol. The van der Waals surface area contributed by atoms with Crippen LogP contribution in [0.2, 0.25) is 0 Å². The van der Waals surface area contributed by atoms with Gasteiger partial charge in [0.1, 0.15) is 0 Å². The van der Waals surface area contributed by atoms with E-state index in [1.54, 1.807) is 30.3 Å². The minimum Gasteiger partial charge on any atom is -0.325 e. The summed E-state index contributed by atoms with van der Waals surface area (Å²) in [5, 5.41) is 3.02. The van der Waals surface area contributed by atoms with Gasteiger partial charge in [-0.2, -0.15) is 4.31 Å². The normalized spacial score (nSPS) is 18.9. The molecule has 1 amide bonds. The number of piperazine rings is 1. The SMILES string of the molecule is C[C@H](C(=O)Nc1ccc2c(c1)CCC2)N1CCN(S(=O)(=O)c2ccccc2)CC1. The van der Waals surface area contributed by atoms with Crippen LogP contribution < -0.4 is 5.32 Å². The molecule has 0 radical (unpaired) electrons. The lowest BCUT2D eigenvalue weighted by Gasteiger charge is -2.36. The van der Waals surface area contributed by atoms with E-state index in [0.29, 0.717) is 31.1 Å². The van der Waals surface area contributed by atoms with Gasteiger partial charge in [-0.25, -0.2) is 8.42 Å². The second-order valence-corrected chi connectivity index (χ2v) is 9.69. The predicted octanol–water partition coefficient (Wildman–Crippen LogP) is 2.51. The number of hydrogen-bond donors (Lipinski definition) is 1. The summed E-state index contributed by atoms with van der Waals surface area (Å²) in [5.41, 5.74) is 3.55. The van der Waals surface area contributed by atoms with Gasteiger partial charge in [0.15, 0.2) is 0 Å². The van der Waals surface area contributed by atoms with Gasteiger partial charge in [-0.1, -0.05) is 24.3 Å². The van der Waals surface area contributed by atoms with Crippen molar-refractivity contribution in [1.82, 2.24) is 9.21 Å². The molecule has 0 aromatic heterocycles. The summed E-state index contributed by atoms with van der Waals surface area (Å²) in [6, 6.07) is 14.3. The summed E-state index contributed by atoms with van der Waals surface area (Å²) in [6.45, 7) is 3.71. The molecule has 2 aromatic carbocycles. The highest BCUT2D eigenvalue weighted by atomic mass is 32.2. The summed E-state index contributed by atoms with van der Waals surface area (Å²) in [7, 11) is -3.48. The molecule has 1 atom stereocenters. The summed E-state index contributed by atoms with van der Waals surface area (Å²) in [5.74, 6) is -0.0534. The first kappa shape index (κ1) is 20.1. The molecule has 1 aliphatic carbocycles. The fourth-order valence-corrected chi connectivity index (χ4v) is 5.58. The van der Waals surface area contributed by atoms with Crippen molar-refractivity contribution in [2.75, 3.05) is 31.5 Å². The number of hydrogen-bond acceptors (Lipinski definition) is 4. The summed E-state index contributed by atoms with van der Waals surface area (Å²) in [4.78, 5) is 15.1. The third-order valence-electron chi connectivity index (χ3n) is 5.95. The number of carbonyl (C=O) groups excluding carboxylic acids is 1. The molecule has 0 bridgehead atoms. The number of rotatable bonds is 5. The zero-order valence-corrected chi connectivity index (χ0v) is 17.5. The zero-order valence-electron chi connectivity index (χ0n) is 16.7. The smallest absolute Gasteiger partial charge is 0.243 e. The maximum atomic E-state index is 12.8. The highest BCUT2D eigenvalue weighted by Gasteiger charge is 2.31. The molecule has 1 fully saturated rings. The van der Waals surface area contributed by atoms with Crippen molar-refractivity contribution in [3.63, 3.8) is 0 Å². The van der Waals surface area contributed by atoms with Crippen molar-refractivity contribution in [2.45, 2.75) is 37.1 Å². The third-order valence-corrected chi connectivity index (χ3v) is 7.86. The first-order chi connectivity index (χ1) is 13.9. The monoisotopic (exact) mass is 413 g/mol. The molecule has 154 valence electrons. The van der Waals surface area contributed by atoms with Gasteiger partial charge < -0.3 is 5.32 Å². The number of fused-ring (bicyclic) bond motifs is 1. The Morgan fingerprint density at radius 3 is 2.38 bits per heavy atom. The number of sulfonamides is 1. The average Bonchev–Trinajstić information content (AvgIpc) is 3.22. The Morgan fingerprint density at radius 2 is 1.66 bits per heavy atom. The number of benzene rings is 2. The molecule has 2 aliphatic rings. The van der Waals surface area contributed by atoms with Crippen LogP contribution in [0.1, 0.15) is 24.5 Å². The molecule has 0 saturated carbocycles. The highest BCUT2D eigenvalue weighted by Crippen LogP contribution is 2.25. The van der Waals surface area contributed by atoms with Gasteiger partial charge in [-0.3, -0.25) is 9.69 Å². The van der Waals surface area contributed by atoms with Crippen molar-refractivity contribution in [3.05, 3.63) is 59.7 Å². The van der Waals surface area contributed by atoms with Crippen LogP contribution in [0.4, 0.5) is 5.69 Å². The van der Waals surface area contributed by atoms with Crippen molar-refractivity contribution in [2.24, 2.45) is 0 Å². The van der Waals surface area contributed by atoms with Crippen molar-refractivity contribution in [1.29, 1.82) is 0 Å². The van der Waals surface area contributed by atoms with Gasteiger partial charge >= 0.3 is 0 Å². The first-order valence-electron chi connectivity index (χ1n) is 10.2. The lowest BCUT2D eigenvalue weighted by Crippen LogP contribution is -2.53. The molecule has 1 heterocycles. The van der Waals surface area contributed by atoms with Crippen LogP contribution in [0.15, 0.2) is 53.4 Å². The fraction of sp³-hybridized carbons (Fsp3) is 0.409. The standard InChI is InChI=1S/C22H27N3O3S/c1-17(22(26)23-20-11-10-18-6-5-7-19(18)16-20)24-12-14-25(15-13-24)29(27,28)21-8-3-2-4-9-21/h2-4,8-11,16-17H,5-7,12-15H2,1H3,(H,23,26)/t17-/m1/s1. The van der Waals surface area contributed by atoms with Gasteiger partial charge in [-0.15, -0.1) is 0 Å². The van der Waals surface area contributed by atoms with Gasteiger partial charge in [0.2, 0.25) is 15.9 Å². The molecule has 2 aromatic rings. The quantitative estimate of drug-likeness (QED) is 0.818. The average molecular weight is 414 g/mol. The van der Waals surface area contributed by atoms with E-state index in [4.69, 9.17) is 0 Å². The Labute approximate surface area is 172 Å². The van der Waals surface area contributed by atoms with Crippen LogP contribution >= 0.6 is 0 Å². The molecule has 1 aliphatic heterocycles. The van der Waals surface area contributed by atoms with Crippen LogP contribution in [0.5, 0.6) is 0 Å². The van der Waals surface area contributed by atoms with Gasteiger partial charge in [-0.05, 0) is 61.6 Å². The van der Waals surface area contributed by atoms with E-state index in [0.717, 1.165) is 18.5 Å². The zero-order chi connectivity index (χ0) is 20.4. The Bertz CT molecular complexity index is 984. The van der Waals surface area contributed by atoms with E-state index in [1.807, 2.05) is 17.9 Å². The topological polar surface area (TPSA) is 69.7 Å². The van der Waals surface area contributed by atoms with E-state index in [1.165, 1.54) is 21.9 Å². The van der Waals surface area contributed by atoms with E-state index < -0.39 is 10.0 Å². The second-order valence-electron chi connectivity index (χ2n) is 7.76. The number of carbonyl (C=O) groups is 1. The highest BCUT2D eigenvalue weighted by molar-refractivity contribution is 7.89.